The Morgan fingerprint density at radius 2 is 2.06 bits per heavy atom. The lowest BCUT2D eigenvalue weighted by Gasteiger charge is -2.14. The second-order valence-corrected chi connectivity index (χ2v) is 4.46. The van der Waals surface area contributed by atoms with Crippen LogP contribution in [-0.4, -0.2) is 17.9 Å². The van der Waals surface area contributed by atoms with Gasteiger partial charge in [0.1, 0.15) is 12.6 Å². The third-order valence-electron chi connectivity index (χ3n) is 2.99. The van der Waals surface area contributed by atoms with Crippen LogP contribution in [0.2, 0.25) is 0 Å². The minimum atomic E-state index is -0.483. The van der Waals surface area contributed by atoms with E-state index < -0.39 is 6.04 Å². The molecule has 1 aromatic carbocycles. The van der Waals surface area contributed by atoms with Gasteiger partial charge in [-0.2, -0.15) is 0 Å². The first-order valence-corrected chi connectivity index (χ1v) is 6.25. The molecule has 1 heterocycles. The first-order chi connectivity index (χ1) is 8.75. The van der Waals surface area contributed by atoms with Gasteiger partial charge in [-0.25, -0.2) is 4.79 Å². The average Bonchev–Trinajstić information content (AvgIpc) is 2.62. The fourth-order valence-corrected chi connectivity index (χ4v) is 1.98. The van der Waals surface area contributed by atoms with E-state index in [0.717, 1.165) is 18.4 Å². The topological polar surface area (TPSA) is 55.4 Å². The van der Waals surface area contributed by atoms with Crippen LogP contribution in [0, 0.1) is 0 Å². The van der Waals surface area contributed by atoms with Gasteiger partial charge in [-0.1, -0.05) is 36.8 Å². The SMILES string of the molecule is O=C1CCCC[C@H](C(=O)OCc2ccccc2)N1. The molecule has 0 spiro atoms. The normalized spacial score (nSPS) is 19.8. The van der Waals surface area contributed by atoms with Crippen LogP contribution in [0.1, 0.15) is 31.2 Å². The summed E-state index contributed by atoms with van der Waals surface area (Å²) in [6.07, 6.45) is 2.89. The maximum Gasteiger partial charge on any atom is 0.328 e. The standard InChI is InChI=1S/C14H17NO3/c16-13-9-5-4-8-12(15-13)14(17)18-10-11-6-2-1-3-7-11/h1-3,6-7,12H,4-5,8-10H2,(H,15,16)/t12-/m1/s1. The number of hydrogen-bond donors (Lipinski definition) is 1. The Hall–Kier alpha value is -1.84. The van der Waals surface area contributed by atoms with Crippen molar-refractivity contribution in [3.05, 3.63) is 35.9 Å². The van der Waals surface area contributed by atoms with Crippen molar-refractivity contribution in [1.82, 2.24) is 5.32 Å². The Morgan fingerprint density at radius 1 is 1.28 bits per heavy atom. The van der Waals surface area contributed by atoms with Gasteiger partial charge in [-0.05, 0) is 18.4 Å². The van der Waals surface area contributed by atoms with Crippen LogP contribution in [0.25, 0.3) is 0 Å². The highest BCUT2D eigenvalue weighted by Crippen LogP contribution is 2.11. The van der Waals surface area contributed by atoms with E-state index in [-0.39, 0.29) is 18.5 Å². The third-order valence-corrected chi connectivity index (χ3v) is 2.99. The summed E-state index contributed by atoms with van der Waals surface area (Å²) in [5.74, 6) is -0.400. The first-order valence-electron chi connectivity index (χ1n) is 6.25. The Morgan fingerprint density at radius 3 is 2.83 bits per heavy atom. The number of amides is 1. The van der Waals surface area contributed by atoms with Gasteiger partial charge in [0.2, 0.25) is 5.91 Å². The van der Waals surface area contributed by atoms with E-state index in [2.05, 4.69) is 5.32 Å². The smallest absolute Gasteiger partial charge is 0.328 e. The van der Waals surface area contributed by atoms with E-state index in [9.17, 15) is 9.59 Å². The van der Waals surface area contributed by atoms with E-state index in [1.54, 1.807) is 0 Å². The van der Waals surface area contributed by atoms with Crippen molar-refractivity contribution in [2.24, 2.45) is 0 Å². The van der Waals surface area contributed by atoms with Gasteiger partial charge in [0.15, 0.2) is 0 Å². The van der Waals surface area contributed by atoms with E-state index in [1.807, 2.05) is 30.3 Å². The zero-order valence-electron chi connectivity index (χ0n) is 10.2. The summed E-state index contributed by atoms with van der Waals surface area (Å²) in [5, 5.41) is 2.70. The molecule has 0 aromatic heterocycles. The molecule has 4 heteroatoms. The Balaban J connectivity index is 1.85. The summed E-state index contributed by atoms with van der Waals surface area (Å²) >= 11 is 0. The summed E-state index contributed by atoms with van der Waals surface area (Å²) in [6, 6.07) is 9.03. The average molecular weight is 247 g/mol. The zero-order valence-corrected chi connectivity index (χ0v) is 10.2. The molecule has 1 amide bonds. The molecule has 1 aliphatic heterocycles. The molecule has 2 rings (SSSR count). The van der Waals surface area contributed by atoms with Crippen LogP contribution in [-0.2, 0) is 20.9 Å². The van der Waals surface area contributed by atoms with Crippen LogP contribution in [0.15, 0.2) is 30.3 Å². The molecule has 0 unspecified atom stereocenters. The molecule has 1 aliphatic rings. The molecule has 0 saturated carbocycles. The Kier molecular flexibility index (Phi) is 4.34. The van der Waals surface area contributed by atoms with Crippen LogP contribution in [0.4, 0.5) is 0 Å². The minimum Gasteiger partial charge on any atom is -0.459 e. The predicted molar refractivity (Wildman–Crippen MR) is 66.6 cm³/mol. The van der Waals surface area contributed by atoms with E-state index in [4.69, 9.17) is 4.74 Å². The van der Waals surface area contributed by atoms with Crippen LogP contribution in [0.3, 0.4) is 0 Å². The molecule has 1 aromatic rings. The van der Waals surface area contributed by atoms with Gasteiger partial charge in [0.05, 0.1) is 0 Å². The van der Waals surface area contributed by atoms with Crippen LogP contribution in [0.5, 0.6) is 0 Å². The Labute approximate surface area is 106 Å². The number of rotatable bonds is 3. The molecule has 0 aliphatic carbocycles. The summed E-state index contributed by atoms with van der Waals surface area (Å²) in [4.78, 5) is 23.2. The molecule has 1 saturated heterocycles. The molecule has 1 fully saturated rings. The van der Waals surface area contributed by atoms with Crippen LogP contribution < -0.4 is 5.32 Å². The lowest BCUT2D eigenvalue weighted by molar-refractivity contribution is -0.149. The first kappa shape index (κ1) is 12.6. The summed E-state index contributed by atoms with van der Waals surface area (Å²) in [6.45, 7) is 0.256. The number of carbonyl (C=O) groups is 2. The molecule has 1 atom stereocenters. The fourth-order valence-electron chi connectivity index (χ4n) is 1.98. The van der Waals surface area contributed by atoms with Gasteiger partial charge in [0.25, 0.3) is 0 Å². The lowest BCUT2D eigenvalue weighted by atomic mass is 10.1. The minimum absolute atomic E-state index is 0.0610. The second-order valence-electron chi connectivity index (χ2n) is 4.46. The maximum absolute atomic E-state index is 11.8. The van der Waals surface area contributed by atoms with Gasteiger partial charge in [0, 0.05) is 6.42 Å². The van der Waals surface area contributed by atoms with Gasteiger partial charge in [-0.15, -0.1) is 0 Å². The van der Waals surface area contributed by atoms with Crippen molar-refractivity contribution in [2.45, 2.75) is 38.3 Å². The van der Waals surface area contributed by atoms with Crippen molar-refractivity contribution in [1.29, 1.82) is 0 Å². The van der Waals surface area contributed by atoms with E-state index >= 15 is 0 Å². The molecule has 4 nitrogen and oxygen atoms in total. The number of ether oxygens (including phenoxy) is 1. The molecular weight excluding hydrogens is 230 g/mol. The molecule has 0 bridgehead atoms. The number of nitrogens with one attached hydrogen (secondary N) is 1. The summed E-state index contributed by atoms with van der Waals surface area (Å²) in [7, 11) is 0. The molecule has 96 valence electrons. The van der Waals surface area contributed by atoms with Crippen molar-refractivity contribution >= 4 is 11.9 Å². The third kappa shape index (κ3) is 3.58. The number of esters is 1. The second kappa shape index (κ2) is 6.19. The molecule has 18 heavy (non-hydrogen) atoms. The Bertz CT molecular complexity index is 416. The van der Waals surface area contributed by atoms with E-state index in [0.29, 0.717) is 12.8 Å². The van der Waals surface area contributed by atoms with Crippen molar-refractivity contribution < 1.29 is 14.3 Å². The predicted octanol–water partition coefficient (Wildman–Crippen LogP) is 1.79. The van der Waals surface area contributed by atoms with Crippen molar-refractivity contribution in [3.8, 4) is 0 Å². The summed E-state index contributed by atoms with van der Waals surface area (Å²) < 4.78 is 5.22. The molecule has 0 radical (unpaired) electrons. The van der Waals surface area contributed by atoms with Crippen molar-refractivity contribution in [3.63, 3.8) is 0 Å². The highest BCUT2D eigenvalue weighted by Gasteiger charge is 2.24. The largest absolute Gasteiger partial charge is 0.459 e. The van der Waals surface area contributed by atoms with E-state index in [1.165, 1.54) is 0 Å². The number of benzene rings is 1. The molecule has 1 N–H and O–H groups in total. The number of carbonyl (C=O) groups excluding carboxylic acids is 2. The molecular formula is C14H17NO3. The summed E-state index contributed by atoms with van der Waals surface area (Å²) in [5.41, 5.74) is 0.950. The fraction of sp³-hybridized carbons (Fsp3) is 0.429. The highest BCUT2D eigenvalue weighted by molar-refractivity contribution is 5.84. The van der Waals surface area contributed by atoms with Gasteiger partial charge in [-0.3, -0.25) is 4.79 Å². The maximum atomic E-state index is 11.8. The van der Waals surface area contributed by atoms with Crippen molar-refractivity contribution in [2.75, 3.05) is 0 Å². The highest BCUT2D eigenvalue weighted by atomic mass is 16.5. The van der Waals surface area contributed by atoms with Crippen LogP contribution >= 0.6 is 0 Å². The van der Waals surface area contributed by atoms with Gasteiger partial charge >= 0.3 is 5.97 Å². The lowest BCUT2D eigenvalue weighted by Crippen LogP contribution is -2.40. The monoisotopic (exact) mass is 247 g/mol. The quantitative estimate of drug-likeness (QED) is 0.828. The van der Waals surface area contributed by atoms with Gasteiger partial charge < -0.3 is 10.1 Å². The zero-order chi connectivity index (χ0) is 12.8. The number of hydrogen-bond acceptors (Lipinski definition) is 3.